The molecule has 1 N–H and O–H groups in total. The summed E-state index contributed by atoms with van der Waals surface area (Å²) < 4.78 is 0. The van der Waals surface area contributed by atoms with Crippen LogP contribution in [0.4, 0.5) is 11.6 Å². The van der Waals surface area contributed by atoms with Crippen molar-refractivity contribution in [3.05, 3.63) is 11.4 Å². The van der Waals surface area contributed by atoms with Crippen molar-refractivity contribution in [2.75, 3.05) is 42.9 Å². The second-order valence-corrected chi connectivity index (χ2v) is 5.07. The fourth-order valence-corrected chi connectivity index (χ4v) is 2.20. The number of aromatic nitrogens is 2. The summed E-state index contributed by atoms with van der Waals surface area (Å²) in [5.41, 5.74) is 1.12. The first-order valence-corrected chi connectivity index (χ1v) is 7.22. The zero-order valence-corrected chi connectivity index (χ0v) is 12.2. The number of nitrogens with zero attached hydrogens (tertiary/aromatic N) is 3. The molecular weight excluding hydrogens is 232 g/mol. The molecule has 17 heavy (non-hydrogen) atoms. The second-order valence-electron chi connectivity index (χ2n) is 4.09. The lowest BCUT2D eigenvalue weighted by Gasteiger charge is -2.21. The Balaban J connectivity index is 2.84. The largest absolute Gasteiger partial charge is 0.373 e. The minimum atomic E-state index is 0.812. The van der Waals surface area contributed by atoms with Crippen LogP contribution in [0.25, 0.3) is 0 Å². The molecule has 0 aromatic carbocycles. The molecule has 0 radical (unpaired) electrons. The normalized spacial score (nSPS) is 10.4. The van der Waals surface area contributed by atoms with Gasteiger partial charge in [0.05, 0.1) is 0 Å². The zero-order chi connectivity index (χ0) is 12.8. The summed E-state index contributed by atoms with van der Waals surface area (Å²) >= 11 is 1.88. The number of hydrogen-bond donors (Lipinski definition) is 1. The maximum absolute atomic E-state index is 4.53. The lowest BCUT2D eigenvalue weighted by molar-refractivity contribution is 0.830. The van der Waals surface area contributed by atoms with Gasteiger partial charge in [0.25, 0.3) is 0 Å². The van der Waals surface area contributed by atoms with Gasteiger partial charge in [-0.1, -0.05) is 0 Å². The molecule has 1 aromatic rings. The van der Waals surface area contributed by atoms with Crippen molar-refractivity contribution in [3.63, 3.8) is 0 Å². The fourth-order valence-electron chi connectivity index (χ4n) is 1.78. The molecule has 1 rings (SSSR count). The monoisotopic (exact) mass is 254 g/mol. The quantitative estimate of drug-likeness (QED) is 0.789. The van der Waals surface area contributed by atoms with Crippen LogP contribution in [0.2, 0.25) is 0 Å². The predicted molar refractivity (Wildman–Crippen MR) is 77.3 cm³/mol. The first-order chi connectivity index (χ1) is 8.10. The van der Waals surface area contributed by atoms with Crippen molar-refractivity contribution < 1.29 is 0 Å². The molecule has 1 heterocycles. The summed E-state index contributed by atoms with van der Waals surface area (Å²) in [5.74, 6) is 3.95. The van der Waals surface area contributed by atoms with Crippen molar-refractivity contribution in [3.8, 4) is 0 Å². The molecule has 5 heteroatoms. The van der Waals surface area contributed by atoms with Crippen molar-refractivity contribution in [2.45, 2.75) is 20.3 Å². The van der Waals surface area contributed by atoms with Crippen LogP contribution in [-0.2, 0) is 0 Å². The molecule has 0 aliphatic heterocycles. The maximum Gasteiger partial charge on any atom is 0.137 e. The van der Waals surface area contributed by atoms with Crippen molar-refractivity contribution in [2.24, 2.45) is 0 Å². The topological polar surface area (TPSA) is 41.1 Å². The molecule has 0 bridgehead atoms. The molecule has 0 spiro atoms. The van der Waals surface area contributed by atoms with Gasteiger partial charge in [-0.3, -0.25) is 0 Å². The number of anilines is 2. The average Bonchev–Trinajstić information content (AvgIpc) is 2.31. The van der Waals surface area contributed by atoms with Crippen LogP contribution in [-0.4, -0.2) is 42.6 Å². The minimum absolute atomic E-state index is 0.812. The van der Waals surface area contributed by atoms with Gasteiger partial charge in [-0.05, 0) is 32.3 Å². The Morgan fingerprint density at radius 2 is 2.00 bits per heavy atom. The second kappa shape index (κ2) is 6.69. The number of nitrogens with one attached hydrogen (secondary N) is 1. The molecule has 0 saturated heterocycles. The zero-order valence-electron chi connectivity index (χ0n) is 11.4. The van der Waals surface area contributed by atoms with E-state index in [2.05, 4.69) is 40.4 Å². The van der Waals surface area contributed by atoms with Gasteiger partial charge in [-0.2, -0.15) is 11.8 Å². The molecule has 4 nitrogen and oxygen atoms in total. The van der Waals surface area contributed by atoms with Crippen LogP contribution in [0, 0.1) is 13.8 Å². The smallest absolute Gasteiger partial charge is 0.137 e. The van der Waals surface area contributed by atoms with Crippen LogP contribution in [0.5, 0.6) is 0 Å². The van der Waals surface area contributed by atoms with Gasteiger partial charge in [-0.15, -0.1) is 0 Å². The number of hydrogen-bond acceptors (Lipinski definition) is 5. The van der Waals surface area contributed by atoms with E-state index in [0.29, 0.717) is 0 Å². The van der Waals surface area contributed by atoms with Crippen LogP contribution in [0.15, 0.2) is 0 Å². The van der Waals surface area contributed by atoms with Crippen molar-refractivity contribution in [1.29, 1.82) is 0 Å². The van der Waals surface area contributed by atoms with Gasteiger partial charge in [0.2, 0.25) is 0 Å². The molecule has 0 aliphatic carbocycles. The lowest BCUT2D eigenvalue weighted by atomic mass is 10.2. The van der Waals surface area contributed by atoms with Gasteiger partial charge in [0, 0.05) is 26.2 Å². The van der Waals surface area contributed by atoms with E-state index in [9.17, 15) is 0 Å². The van der Waals surface area contributed by atoms with Gasteiger partial charge in [0.1, 0.15) is 17.5 Å². The molecule has 0 aliphatic rings. The summed E-state index contributed by atoms with van der Waals surface area (Å²) in [6, 6.07) is 0. The predicted octanol–water partition coefficient (Wildman–Crippen LogP) is 2.32. The highest BCUT2D eigenvalue weighted by Crippen LogP contribution is 2.22. The SMILES string of the molecule is CNc1nc(C)nc(N(C)CCCSC)c1C. The maximum atomic E-state index is 4.53. The molecular formula is C12H22N4S. The Morgan fingerprint density at radius 3 is 2.59 bits per heavy atom. The Hall–Kier alpha value is -0.970. The van der Waals surface area contributed by atoms with Crippen molar-refractivity contribution >= 4 is 23.4 Å². The molecule has 1 aromatic heterocycles. The Morgan fingerprint density at radius 1 is 1.29 bits per heavy atom. The number of thioether (sulfide) groups is 1. The lowest BCUT2D eigenvalue weighted by Crippen LogP contribution is -2.22. The van der Waals surface area contributed by atoms with Crippen LogP contribution in [0.1, 0.15) is 17.8 Å². The highest BCUT2D eigenvalue weighted by molar-refractivity contribution is 7.98. The first-order valence-electron chi connectivity index (χ1n) is 5.83. The molecule has 0 unspecified atom stereocenters. The third-order valence-corrected chi connectivity index (χ3v) is 3.37. The summed E-state index contributed by atoms with van der Waals surface area (Å²) in [6.07, 6.45) is 3.31. The third-order valence-electron chi connectivity index (χ3n) is 2.67. The average molecular weight is 254 g/mol. The molecule has 96 valence electrons. The highest BCUT2D eigenvalue weighted by atomic mass is 32.2. The summed E-state index contributed by atoms with van der Waals surface area (Å²) in [5, 5.41) is 3.12. The van der Waals surface area contributed by atoms with Gasteiger partial charge in [0.15, 0.2) is 0 Å². The third kappa shape index (κ3) is 3.77. The first kappa shape index (κ1) is 14.1. The highest BCUT2D eigenvalue weighted by Gasteiger charge is 2.11. The molecule has 0 fully saturated rings. The van der Waals surface area contributed by atoms with E-state index in [-0.39, 0.29) is 0 Å². The Labute approximate surface area is 108 Å². The van der Waals surface area contributed by atoms with E-state index in [1.54, 1.807) is 0 Å². The molecule has 0 saturated carbocycles. The van der Waals surface area contributed by atoms with Gasteiger partial charge in [-0.25, -0.2) is 9.97 Å². The van der Waals surface area contributed by atoms with E-state index < -0.39 is 0 Å². The fraction of sp³-hybridized carbons (Fsp3) is 0.667. The minimum Gasteiger partial charge on any atom is -0.373 e. The summed E-state index contributed by atoms with van der Waals surface area (Å²) in [6.45, 7) is 5.02. The van der Waals surface area contributed by atoms with E-state index in [4.69, 9.17) is 0 Å². The summed E-state index contributed by atoms with van der Waals surface area (Å²) in [4.78, 5) is 11.1. The van der Waals surface area contributed by atoms with Crippen LogP contribution < -0.4 is 10.2 Å². The van der Waals surface area contributed by atoms with Crippen molar-refractivity contribution in [1.82, 2.24) is 9.97 Å². The van der Waals surface area contributed by atoms with E-state index >= 15 is 0 Å². The van der Waals surface area contributed by atoms with E-state index in [1.165, 1.54) is 12.2 Å². The van der Waals surface area contributed by atoms with E-state index in [0.717, 1.165) is 29.6 Å². The number of aryl methyl sites for hydroxylation is 1. The van der Waals surface area contributed by atoms with Gasteiger partial charge < -0.3 is 10.2 Å². The van der Waals surface area contributed by atoms with Crippen LogP contribution in [0.3, 0.4) is 0 Å². The molecule has 0 atom stereocenters. The van der Waals surface area contributed by atoms with Crippen LogP contribution >= 0.6 is 11.8 Å². The Bertz CT molecular complexity index is 368. The van der Waals surface area contributed by atoms with E-state index in [1.807, 2.05) is 25.7 Å². The summed E-state index contributed by atoms with van der Waals surface area (Å²) in [7, 11) is 3.99. The number of rotatable bonds is 6. The standard InChI is InChI=1S/C12H22N4S/c1-9-11(13-3)14-10(2)15-12(9)16(4)7-6-8-17-5/h6-8H2,1-5H3,(H,13,14,15). The van der Waals surface area contributed by atoms with Gasteiger partial charge >= 0.3 is 0 Å². The molecule has 0 amide bonds. The Kier molecular flexibility index (Phi) is 5.55.